The zero-order chi connectivity index (χ0) is 13.0. The number of hydrogen-bond acceptors (Lipinski definition) is 2. The lowest BCUT2D eigenvalue weighted by molar-refractivity contribution is 0.281. The van der Waals surface area contributed by atoms with Crippen molar-refractivity contribution in [2.24, 2.45) is 11.8 Å². The Bertz CT molecular complexity index is 386. The van der Waals surface area contributed by atoms with E-state index in [0.717, 1.165) is 23.9 Å². The average molecular weight is 268 g/mol. The van der Waals surface area contributed by atoms with Gasteiger partial charge in [-0.2, -0.15) is 0 Å². The van der Waals surface area contributed by atoms with E-state index in [1.165, 1.54) is 25.7 Å². The van der Waals surface area contributed by atoms with Gasteiger partial charge in [0.1, 0.15) is 5.75 Å². The predicted octanol–water partition coefficient (Wildman–Crippen LogP) is 3.96. The van der Waals surface area contributed by atoms with Crippen LogP contribution in [0.1, 0.15) is 38.2 Å². The first-order chi connectivity index (χ1) is 8.66. The van der Waals surface area contributed by atoms with E-state index in [1.54, 1.807) is 6.07 Å². The van der Waals surface area contributed by atoms with Gasteiger partial charge >= 0.3 is 0 Å². The molecular weight excluding hydrogens is 246 g/mol. The summed E-state index contributed by atoms with van der Waals surface area (Å²) in [5, 5.41) is 13.7. The van der Waals surface area contributed by atoms with E-state index < -0.39 is 0 Å². The predicted molar refractivity (Wildman–Crippen MR) is 75.9 cm³/mol. The van der Waals surface area contributed by atoms with Crippen molar-refractivity contribution in [1.82, 2.24) is 5.32 Å². The SMILES string of the molecule is CC1CCC(CNCc2cccc(Cl)c2O)CC1. The number of benzene rings is 1. The minimum atomic E-state index is 0.212. The molecule has 18 heavy (non-hydrogen) atoms. The number of halogens is 1. The van der Waals surface area contributed by atoms with Gasteiger partial charge in [-0.25, -0.2) is 0 Å². The molecule has 1 aromatic carbocycles. The van der Waals surface area contributed by atoms with Crippen molar-refractivity contribution in [3.63, 3.8) is 0 Å². The highest BCUT2D eigenvalue weighted by Gasteiger charge is 2.17. The molecule has 0 bridgehead atoms. The van der Waals surface area contributed by atoms with Gasteiger partial charge in [0.05, 0.1) is 5.02 Å². The first-order valence-corrected chi connectivity index (χ1v) is 7.21. The van der Waals surface area contributed by atoms with Crippen LogP contribution in [0.4, 0.5) is 0 Å². The van der Waals surface area contributed by atoms with Crippen LogP contribution in [0, 0.1) is 11.8 Å². The summed E-state index contributed by atoms with van der Waals surface area (Å²) in [7, 11) is 0. The minimum absolute atomic E-state index is 0.212. The van der Waals surface area contributed by atoms with Gasteiger partial charge in [-0.05, 0) is 37.3 Å². The molecule has 0 aliphatic heterocycles. The Kier molecular flexibility index (Phi) is 4.90. The molecule has 2 N–H and O–H groups in total. The van der Waals surface area contributed by atoms with Crippen LogP contribution in [0.5, 0.6) is 5.75 Å². The van der Waals surface area contributed by atoms with Crippen molar-refractivity contribution in [2.75, 3.05) is 6.54 Å². The number of rotatable bonds is 4. The molecule has 1 aliphatic carbocycles. The van der Waals surface area contributed by atoms with Crippen LogP contribution in [0.25, 0.3) is 0 Å². The van der Waals surface area contributed by atoms with Crippen LogP contribution in [0.3, 0.4) is 0 Å². The smallest absolute Gasteiger partial charge is 0.138 e. The molecular formula is C15H22ClNO. The highest BCUT2D eigenvalue weighted by molar-refractivity contribution is 6.32. The molecule has 0 aromatic heterocycles. The summed E-state index contributed by atoms with van der Waals surface area (Å²) in [5.74, 6) is 1.91. The molecule has 0 amide bonds. The van der Waals surface area contributed by atoms with Crippen molar-refractivity contribution in [3.05, 3.63) is 28.8 Å². The molecule has 0 unspecified atom stereocenters. The summed E-state index contributed by atoms with van der Waals surface area (Å²) in [5.41, 5.74) is 0.881. The van der Waals surface area contributed by atoms with E-state index in [9.17, 15) is 5.11 Å². The molecule has 1 fully saturated rings. The maximum absolute atomic E-state index is 9.80. The second-order valence-electron chi connectivity index (χ2n) is 5.50. The molecule has 1 aliphatic rings. The third-order valence-electron chi connectivity index (χ3n) is 3.95. The Morgan fingerprint density at radius 3 is 2.72 bits per heavy atom. The molecule has 0 radical (unpaired) electrons. The van der Waals surface area contributed by atoms with Gasteiger partial charge in [-0.1, -0.05) is 43.5 Å². The Morgan fingerprint density at radius 1 is 1.28 bits per heavy atom. The molecule has 2 nitrogen and oxygen atoms in total. The number of phenols is 1. The molecule has 0 spiro atoms. The summed E-state index contributed by atoms with van der Waals surface area (Å²) in [6, 6.07) is 5.50. The van der Waals surface area contributed by atoms with Gasteiger partial charge in [0.2, 0.25) is 0 Å². The lowest BCUT2D eigenvalue weighted by atomic mass is 9.83. The average Bonchev–Trinajstić information content (AvgIpc) is 2.37. The maximum atomic E-state index is 9.80. The van der Waals surface area contributed by atoms with Crippen molar-refractivity contribution in [2.45, 2.75) is 39.2 Å². The van der Waals surface area contributed by atoms with Crippen LogP contribution >= 0.6 is 11.6 Å². The maximum Gasteiger partial charge on any atom is 0.138 e. The van der Waals surface area contributed by atoms with Crippen LogP contribution in [0.15, 0.2) is 18.2 Å². The summed E-state index contributed by atoms with van der Waals surface area (Å²) in [6.07, 6.45) is 5.37. The van der Waals surface area contributed by atoms with Crippen LogP contribution in [0.2, 0.25) is 5.02 Å². The number of nitrogens with one attached hydrogen (secondary N) is 1. The first kappa shape index (κ1) is 13.7. The Labute approximate surface area is 114 Å². The van der Waals surface area contributed by atoms with E-state index in [1.807, 2.05) is 12.1 Å². The first-order valence-electron chi connectivity index (χ1n) is 6.84. The van der Waals surface area contributed by atoms with Gasteiger partial charge < -0.3 is 10.4 Å². The molecule has 0 atom stereocenters. The van der Waals surface area contributed by atoms with Crippen molar-refractivity contribution in [3.8, 4) is 5.75 Å². The molecule has 1 aromatic rings. The Balaban J connectivity index is 1.77. The quantitative estimate of drug-likeness (QED) is 0.865. The molecule has 0 saturated heterocycles. The van der Waals surface area contributed by atoms with E-state index in [2.05, 4.69) is 12.2 Å². The highest BCUT2D eigenvalue weighted by atomic mass is 35.5. The van der Waals surface area contributed by atoms with E-state index in [-0.39, 0.29) is 5.75 Å². The second-order valence-corrected chi connectivity index (χ2v) is 5.91. The fourth-order valence-electron chi connectivity index (χ4n) is 2.65. The normalized spacial score (nSPS) is 24.1. The lowest BCUT2D eigenvalue weighted by Gasteiger charge is -2.26. The van der Waals surface area contributed by atoms with Crippen molar-refractivity contribution >= 4 is 11.6 Å². The summed E-state index contributed by atoms with van der Waals surface area (Å²) in [4.78, 5) is 0. The van der Waals surface area contributed by atoms with Gasteiger partial charge in [0.15, 0.2) is 0 Å². The lowest BCUT2D eigenvalue weighted by Crippen LogP contribution is -2.25. The van der Waals surface area contributed by atoms with Gasteiger partial charge in [-0.3, -0.25) is 0 Å². The molecule has 100 valence electrons. The topological polar surface area (TPSA) is 32.3 Å². The fraction of sp³-hybridized carbons (Fsp3) is 0.600. The van der Waals surface area contributed by atoms with E-state index in [0.29, 0.717) is 11.6 Å². The Morgan fingerprint density at radius 2 is 2.00 bits per heavy atom. The summed E-state index contributed by atoms with van der Waals surface area (Å²) in [6.45, 7) is 4.07. The van der Waals surface area contributed by atoms with Crippen LogP contribution in [-0.4, -0.2) is 11.7 Å². The minimum Gasteiger partial charge on any atom is -0.506 e. The third-order valence-corrected chi connectivity index (χ3v) is 4.26. The van der Waals surface area contributed by atoms with Gasteiger partial charge in [0, 0.05) is 12.1 Å². The summed E-state index contributed by atoms with van der Waals surface area (Å²) >= 11 is 5.88. The largest absolute Gasteiger partial charge is 0.506 e. The third kappa shape index (κ3) is 3.63. The zero-order valence-corrected chi connectivity index (χ0v) is 11.7. The monoisotopic (exact) mass is 267 g/mol. The molecule has 3 heteroatoms. The molecule has 0 heterocycles. The zero-order valence-electron chi connectivity index (χ0n) is 11.0. The van der Waals surface area contributed by atoms with E-state index >= 15 is 0 Å². The van der Waals surface area contributed by atoms with Crippen LogP contribution in [-0.2, 0) is 6.54 Å². The number of phenolic OH excluding ortho intramolecular Hbond substituents is 1. The standard InChI is InChI=1S/C15H22ClNO/c1-11-5-7-12(8-6-11)9-17-10-13-3-2-4-14(16)15(13)18/h2-4,11-12,17-18H,5-10H2,1H3. The van der Waals surface area contributed by atoms with Crippen molar-refractivity contribution < 1.29 is 5.11 Å². The number of para-hydroxylation sites is 1. The second kappa shape index (κ2) is 6.44. The van der Waals surface area contributed by atoms with Gasteiger partial charge in [-0.15, -0.1) is 0 Å². The number of hydrogen-bond donors (Lipinski definition) is 2. The Hall–Kier alpha value is -0.730. The van der Waals surface area contributed by atoms with Crippen molar-refractivity contribution in [1.29, 1.82) is 0 Å². The number of aromatic hydroxyl groups is 1. The molecule has 1 saturated carbocycles. The van der Waals surface area contributed by atoms with E-state index in [4.69, 9.17) is 11.6 Å². The summed E-state index contributed by atoms with van der Waals surface area (Å²) < 4.78 is 0. The van der Waals surface area contributed by atoms with Crippen LogP contribution < -0.4 is 5.32 Å². The fourth-order valence-corrected chi connectivity index (χ4v) is 2.84. The highest BCUT2D eigenvalue weighted by Crippen LogP contribution is 2.29. The molecule has 2 rings (SSSR count). The van der Waals surface area contributed by atoms with Gasteiger partial charge in [0.25, 0.3) is 0 Å².